The number of amides is 1. The Bertz CT molecular complexity index is 724. The van der Waals surface area contributed by atoms with Crippen molar-refractivity contribution in [1.82, 2.24) is 9.80 Å². The van der Waals surface area contributed by atoms with E-state index in [1.165, 1.54) is 11.1 Å². The highest BCUT2D eigenvalue weighted by Crippen LogP contribution is 2.24. The molecule has 0 bridgehead atoms. The maximum absolute atomic E-state index is 12.3. The summed E-state index contributed by atoms with van der Waals surface area (Å²) in [6.45, 7) is 6.09. The molecule has 0 aliphatic carbocycles. The highest BCUT2D eigenvalue weighted by atomic mass is 16.5. The van der Waals surface area contributed by atoms with Gasteiger partial charge in [0.15, 0.2) is 18.1 Å². The summed E-state index contributed by atoms with van der Waals surface area (Å²) >= 11 is 0. The number of para-hydroxylation sites is 2. The van der Waals surface area contributed by atoms with Gasteiger partial charge in [0.1, 0.15) is 0 Å². The molecule has 25 heavy (non-hydrogen) atoms. The van der Waals surface area contributed by atoms with Crippen LogP contribution in [-0.2, 0) is 11.3 Å². The number of carbonyl (C=O) groups excluding carboxylic acids is 1. The second-order valence-corrected chi connectivity index (χ2v) is 6.40. The van der Waals surface area contributed by atoms with Crippen molar-refractivity contribution in [3.05, 3.63) is 59.7 Å². The first-order valence-corrected chi connectivity index (χ1v) is 8.58. The van der Waals surface area contributed by atoms with E-state index in [-0.39, 0.29) is 18.3 Å². The number of aryl methyl sites for hydroxylation is 1. The van der Waals surface area contributed by atoms with E-state index in [2.05, 4.69) is 36.1 Å². The van der Waals surface area contributed by atoms with Crippen LogP contribution in [0.25, 0.3) is 0 Å². The zero-order valence-corrected chi connectivity index (χ0v) is 14.5. The van der Waals surface area contributed by atoms with Gasteiger partial charge in [0.25, 0.3) is 5.91 Å². The Balaban J connectivity index is 1.45. The van der Waals surface area contributed by atoms with Gasteiger partial charge in [0.05, 0.1) is 0 Å². The fraction of sp³-hybridized carbons (Fsp3) is 0.350. The Morgan fingerprint density at radius 2 is 1.84 bits per heavy atom. The third kappa shape index (κ3) is 4.73. The molecule has 0 spiro atoms. The van der Waals surface area contributed by atoms with E-state index in [1.54, 1.807) is 24.3 Å². The summed E-state index contributed by atoms with van der Waals surface area (Å²) in [5.74, 6) is 0.352. The van der Waals surface area contributed by atoms with Crippen LogP contribution in [0.5, 0.6) is 11.5 Å². The van der Waals surface area contributed by atoms with E-state index in [4.69, 9.17) is 4.74 Å². The van der Waals surface area contributed by atoms with Gasteiger partial charge in [-0.2, -0.15) is 0 Å². The number of phenolic OH excluding ortho intramolecular Hbond substituents is 1. The summed E-state index contributed by atoms with van der Waals surface area (Å²) in [5.41, 5.74) is 2.58. The zero-order chi connectivity index (χ0) is 17.6. The maximum Gasteiger partial charge on any atom is 0.260 e. The van der Waals surface area contributed by atoms with E-state index in [0.717, 1.165) is 19.6 Å². The highest BCUT2D eigenvalue weighted by Gasteiger charge is 2.21. The van der Waals surface area contributed by atoms with Crippen LogP contribution < -0.4 is 4.74 Å². The summed E-state index contributed by atoms with van der Waals surface area (Å²) in [5, 5.41) is 9.67. The van der Waals surface area contributed by atoms with Crippen molar-refractivity contribution in [2.75, 3.05) is 32.8 Å². The van der Waals surface area contributed by atoms with Gasteiger partial charge in [-0.25, -0.2) is 0 Å². The van der Waals surface area contributed by atoms with Gasteiger partial charge in [0, 0.05) is 32.7 Å². The molecule has 1 heterocycles. The molecule has 5 nitrogen and oxygen atoms in total. The molecule has 0 unspecified atom stereocenters. The van der Waals surface area contributed by atoms with Crippen LogP contribution in [0, 0.1) is 6.92 Å². The summed E-state index contributed by atoms with van der Waals surface area (Å²) in [4.78, 5) is 16.5. The van der Waals surface area contributed by atoms with Crippen LogP contribution in [0.3, 0.4) is 0 Å². The first-order valence-electron chi connectivity index (χ1n) is 8.58. The van der Waals surface area contributed by atoms with Gasteiger partial charge in [-0.05, 0) is 24.6 Å². The number of carbonyl (C=O) groups is 1. The lowest BCUT2D eigenvalue weighted by Crippen LogP contribution is -2.49. The average molecular weight is 340 g/mol. The summed E-state index contributed by atoms with van der Waals surface area (Å²) < 4.78 is 5.43. The summed E-state index contributed by atoms with van der Waals surface area (Å²) in [6, 6.07) is 15.2. The van der Waals surface area contributed by atoms with E-state index in [9.17, 15) is 9.90 Å². The van der Waals surface area contributed by atoms with Crippen LogP contribution in [0.4, 0.5) is 0 Å². The number of rotatable bonds is 5. The van der Waals surface area contributed by atoms with Gasteiger partial charge in [-0.3, -0.25) is 9.69 Å². The van der Waals surface area contributed by atoms with Crippen LogP contribution in [0.15, 0.2) is 48.5 Å². The van der Waals surface area contributed by atoms with Gasteiger partial charge in [-0.15, -0.1) is 0 Å². The minimum Gasteiger partial charge on any atom is -0.504 e. The standard InChI is InChI=1S/C20H24N2O3/c1-16-5-4-6-17(13-16)14-21-9-11-22(12-10-21)20(24)15-25-19-8-3-2-7-18(19)23/h2-8,13,23H,9-12,14-15H2,1H3. The van der Waals surface area contributed by atoms with Crippen molar-refractivity contribution in [3.8, 4) is 11.5 Å². The molecular weight excluding hydrogens is 316 g/mol. The number of ether oxygens (including phenoxy) is 1. The largest absolute Gasteiger partial charge is 0.504 e. The topological polar surface area (TPSA) is 53.0 Å². The number of phenols is 1. The molecule has 1 amide bonds. The van der Waals surface area contributed by atoms with Crippen molar-refractivity contribution < 1.29 is 14.6 Å². The first-order chi connectivity index (χ1) is 12.1. The SMILES string of the molecule is Cc1cccc(CN2CCN(C(=O)COc3ccccc3O)CC2)c1. The number of benzene rings is 2. The second kappa shape index (κ2) is 8.03. The maximum atomic E-state index is 12.3. The van der Waals surface area contributed by atoms with E-state index in [0.29, 0.717) is 18.8 Å². The van der Waals surface area contributed by atoms with Crippen molar-refractivity contribution in [1.29, 1.82) is 0 Å². The summed E-state index contributed by atoms with van der Waals surface area (Å²) in [6.07, 6.45) is 0. The Hall–Kier alpha value is -2.53. The number of piperazine rings is 1. The summed E-state index contributed by atoms with van der Waals surface area (Å²) in [7, 11) is 0. The fourth-order valence-electron chi connectivity index (χ4n) is 3.03. The van der Waals surface area contributed by atoms with Gasteiger partial charge >= 0.3 is 0 Å². The van der Waals surface area contributed by atoms with E-state index >= 15 is 0 Å². The quantitative estimate of drug-likeness (QED) is 0.908. The van der Waals surface area contributed by atoms with Gasteiger partial charge in [-0.1, -0.05) is 42.0 Å². The molecule has 1 saturated heterocycles. The monoisotopic (exact) mass is 340 g/mol. The van der Waals surface area contributed by atoms with Crippen LogP contribution in [-0.4, -0.2) is 53.6 Å². The molecule has 0 atom stereocenters. The van der Waals surface area contributed by atoms with Crippen molar-refractivity contribution in [2.45, 2.75) is 13.5 Å². The Morgan fingerprint density at radius 3 is 2.56 bits per heavy atom. The molecule has 3 rings (SSSR count). The smallest absolute Gasteiger partial charge is 0.260 e. The molecule has 1 N–H and O–H groups in total. The number of hydrogen-bond acceptors (Lipinski definition) is 4. The van der Waals surface area contributed by atoms with Crippen LogP contribution in [0.2, 0.25) is 0 Å². The molecule has 132 valence electrons. The molecule has 2 aromatic rings. The molecule has 1 aliphatic rings. The predicted octanol–water partition coefficient (Wildman–Crippen LogP) is 2.42. The molecular formula is C20H24N2O3. The number of aromatic hydroxyl groups is 1. The van der Waals surface area contributed by atoms with Crippen molar-refractivity contribution >= 4 is 5.91 Å². The highest BCUT2D eigenvalue weighted by molar-refractivity contribution is 5.78. The predicted molar refractivity (Wildman–Crippen MR) is 96.6 cm³/mol. The molecule has 1 fully saturated rings. The number of hydrogen-bond donors (Lipinski definition) is 1. The molecule has 0 saturated carbocycles. The number of nitrogens with zero attached hydrogens (tertiary/aromatic N) is 2. The lowest BCUT2D eigenvalue weighted by Gasteiger charge is -2.34. The Labute approximate surface area is 148 Å². The molecule has 1 aliphatic heterocycles. The van der Waals surface area contributed by atoms with Crippen molar-refractivity contribution in [3.63, 3.8) is 0 Å². The minimum atomic E-state index is -0.0462. The molecule has 2 aromatic carbocycles. The second-order valence-electron chi connectivity index (χ2n) is 6.40. The normalized spacial score (nSPS) is 15.2. The molecule has 5 heteroatoms. The minimum absolute atomic E-state index is 0.0431. The third-order valence-corrected chi connectivity index (χ3v) is 4.43. The van der Waals surface area contributed by atoms with Crippen LogP contribution >= 0.6 is 0 Å². The van der Waals surface area contributed by atoms with E-state index in [1.807, 2.05) is 4.90 Å². The zero-order valence-electron chi connectivity index (χ0n) is 14.5. The fourth-order valence-corrected chi connectivity index (χ4v) is 3.03. The van der Waals surface area contributed by atoms with Crippen molar-refractivity contribution in [2.24, 2.45) is 0 Å². The molecule has 0 radical (unpaired) electrons. The lowest BCUT2D eigenvalue weighted by atomic mass is 10.1. The van der Waals surface area contributed by atoms with E-state index < -0.39 is 0 Å². The molecule has 0 aromatic heterocycles. The average Bonchev–Trinajstić information content (AvgIpc) is 2.61. The van der Waals surface area contributed by atoms with Gasteiger partial charge in [0.2, 0.25) is 0 Å². The first kappa shape index (κ1) is 17.3. The van der Waals surface area contributed by atoms with Gasteiger partial charge < -0.3 is 14.7 Å². The third-order valence-electron chi connectivity index (χ3n) is 4.43. The van der Waals surface area contributed by atoms with Crippen LogP contribution in [0.1, 0.15) is 11.1 Å². The lowest BCUT2D eigenvalue weighted by molar-refractivity contribution is -0.135. The Kier molecular flexibility index (Phi) is 5.56. The Morgan fingerprint density at radius 1 is 1.08 bits per heavy atom.